The van der Waals surface area contributed by atoms with E-state index in [4.69, 9.17) is 0 Å². The maximum absolute atomic E-state index is 13.3. The van der Waals surface area contributed by atoms with Crippen molar-refractivity contribution in [2.75, 3.05) is 0 Å². The first-order valence-corrected chi connectivity index (χ1v) is 11.8. The highest BCUT2D eigenvalue weighted by Gasteiger charge is 2.44. The molecule has 2 aromatic carbocycles. The molecule has 2 saturated carbocycles. The Labute approximate surface area is 205 Å². The summed E-state index contributed by atoms with van der Waals surface area (Å²) in [6.45, 7) is 0. The lowest BCUT2D eigenvalue weighted by atomic mass is 10.0. The number of rotatable bonds is 6. The quantitative estimate of drug-likeness (QED) is 0.430. The maximum atomic E-state index is 13.3. The van der Waals surface area contributed by atoms with Gasteiger partial charge < -0.3 is 15.0 Å². The highest BCUT2D eigenvalue weighted by molar-refractivity contribution is 5.97. The van der Waals surface area contributed by atoms with E-state index >= 15 is 0 Å². The normalized spacial score (nSPS) is 22.2. The summed E-state index contributed by atoms with van der Waals surface area (Å²) in [6, 6.07) is 18.2. The van der Waals surface area contributed by atoms with E-state index in [1.807, 2.05) is 48.5 Å². The van der Waals surface area contributed by atoms with Crippen LogP contribution in [0.2, 0.25) is 0 Å². The van der Waals surface area contributed by atoms with Gasteiger partial charge in [0.2, 0.25) is 5.43 Å². The highest BCUT2D eigenvalue weighted by atomic mass is 19.1. The molecule has 7 nitrogen and oxygen atoms in total. The maximum Gasteiger partial charge on any atom is 0.307 e. The van der Waals surface area contributed by atoms with Crippen molar-refractivity contribution < 1.29 is 19.1 Å². The summed E-state index contributed by atoms with van der Waals surface area (Å²) in [4.78, 5) is 41.4. The first-order chi connectivity index (χ1) is 17.4. The minimum absolute atomic E-state index is 0.0642. The Morgan fingerprint density at radius 1 is 1.03 bits per heavy atom. The van der Waals surface area contributed by atoms with Gasteiger partial charge in [-0.2, -0.15) is 0 Å². The number of pyridine rings is 2. The lowest BCUT2D eigenvalue weighted by Crippen LogP contribution is -2.32. The standard InChI is InChI=1S/C28H22FN3O4/c29-23-13-24(23)31-27(34)22-14-32(26-19(25(22)33)5-2-10-30-26)18-4-1-3-17(11-18)15-6-8-16(9-7-15)20-12-21(20)28(35)36/h1-11,14,20-21,23-24H,12-13H2,(H,31,34)(H,35,36). The predicted molar refractivity (Wildman–Crippen MR) is 132 cm³/mol. The number of carbonyl (C=O) groups excluding carboxylic acids is 1. The van der Waals surface area contributed by atoms with Crippen LogP contribution < -0.4 is 10.7 Å². The van der Waals surface area contributed by atoms with Crippen molar-refractivity contribution in [1.29, 1.82) is 0 Å². The van der Waals surface area contributed by atoms with Gasteiger partial charge in [0, 0.05) is 24.5 Å². The third kappa shape index (κ3) is 3.94. The molecule has 4 aromatic rings. The number of hydrogen-bond acceptors (Lipinski definition) is 4. The van der Waals surface area contributed by atoms with Gasteiger partial charge in [0.1, 0.15) is 17.4 Å². The molecule has 0 bridgehead atoms. The fraction of sp³-hybridized carbons (Fsp3) is 0.214. The molecule has 0 saturated heterocycles. The molecule has 2 aliphatic carbocycles. The van der Waals surface area contributed by atoms with E-state index in [0.717, 1.165) is 16.7 Å². The number of nitrogens with one attached hydrogen (secondary N) is 1. The number of carbonyl (C=O) groups is 2. The van der Waals surface area contributed by atoms with Crippen LogP contribution in [0.3, 0.4) is 0 Å². The molecule has 36 heavy (non-hydrogen) atoms. The second-order valence-corrected chi connectivity index (χ2v) is 9.41. The monoisotopic (exact) mass is 483 g/mol. The fourth-order valence-corrected chi connectivity index (χ4v) is 4.67. The molecule has 2 aromatic heterocycles. The van der Waals surface area contributed by atoms with Crippen molar-refractivity contribution in [1.82, 2.24) is 14.9 Å². The third-order valence-corrected chi connectivity index (χ3v) is 6.94. The summed E-state index contributed by atoms with van der Waals surface area (Å²) >= 11 is 0. The van der Waals surface area contributed by atoms with Crippen molar-refractivity contribution in [3.8, 4) is 16.8 Å². The lowest BCUT2D eigenvalue weighted by molar-refractivity contribution is -0.138. The molecule has 0 radical (unpaired) electrons. The molecule has 6 rings (SSSR count). The van der Waals surface area contributed by atoms with Crippen molar-refractivity contribution in [3.05, 3.63) is 94.4 Å². The van der Waals surface area contributed by atoms with Gasteiger partial charge in [0.05, 0.1) is 17.3 Å². The van der Waals surface area contributed by atoms with E-state index in [2.05, 4.69) is 10.3 Å². The SMILES string of the molecule is O=C(NC1CC1F)c1cn(-c2cccc(-c3ccc(C4CC4C(=O)O)cc3)c2)c2ncccc2c1=O. The summed E-state index contributed by atoms with van der Waals surface area (Å²) in [5.74, 6) is -1.60. The van der Waals surface area contributed by atoms with Crippen LogP contribution in [-0.4, -0.2) is 38.7 Å². The summed E-state index contributed by atoms with van der Waals surface area (Å²) in [5, 5.41) is 12.1. The van der Waals surface area contributed by atoms with Crippen molar-refractivity contribution in [2.24, 2.45) is 5.92 Å². The van der Waals surface area contributed by atoms with Crippen molar-refractivity contribution >= 4 is 22.9 Å². The zero-order chi connectivity index (χ0) is 25.0. The molecular weight excluding hydrogens is 461 g/mol. The van der Waals surface area contributed by atoms with E-state index in [9.17, 15) is 23.9 Å². The van der Waals surface area contributed by atoms with Gasteiger partial charge in [-0.1, -0.05) is 36.4 Å². The minimum atomic E-state index is -1.07. The molecule has 0 spiro atoms. The number of fused-ring (bicyclic) bond motifs is 1. The largest absolute Gasteiger partial charge is 0.481 e. The average molecular weight is 483 g/mol. The number of benzene rings is 2. The van der Waals surface area contributed by atoms with Crippen LogP contribution >= 0.6 is 0 Å². The number of aliphatic carboxylic acids is 1. The lowest BCUT2D eigenvalue weighted by Gasteiger charge is -2.14. The van der Waals surface area contributed by atoms with E-state index < -0.39 is 29.5 Å². The molecule has 2 heterocycles. The van der Waals surface area contributed by atoms with Gasteiger partial charge in [-0.05, 0) is 53.3 Å². The Kier molecular flexibility index (Phi) is 5.17. The van der Waals surface area contributed by atoms with Gasteiger partial charge in [0.15, 0.2) is 0 Å². The number of halogens is 1. The average Bonchev–Trinajstić information content (AvgIpc) is 3.82. The van der Waals surface area contributed by atoms with Gasteiger partial charge in [-0.3, -0.25) is 14.4 Å². The summed E-state index contributed by atoms with van der Waals surface area (Å²) in [7, 11) is 0. The number of alkyl halides is 1. The number of hydrogen-bond donors (Lipinski definition) is 2. The Morgan fingerprint density at radius 2 is 1.81 bits per heavy atom. The number of nitrogens with zero attached hydrogens (tertiary/aromatic N) is 2. The van der Waals surface area contributed by atoms with Crippen LogP contribution in [0.15, 0.2) is 77.9 Å². The molecule has 2 aliphatic rings. The van der Waals surface area contributed by atoms with Gasteiger partial charge in [-0.25, -0.2) is 9.37 Å². The predicted octanol–water partition coefficient (Wildman–Crippen LogP) is 4.08. The van der Waals surface area contributed by atoms with Gasteiger partial charge >= 0.3 is 5.97 Å². The Bertz CT molecular complexity index is 1580. The third-order valence-electron chi connectivity index (χ3n) is 6.94. The van der Waals surface area contributed by atoms with Gasteiger partial charge in [0.25, 0.3) is 5.91 Å². The van der Waals surface area contributed by atoms with Crippen molar-refractivity contribution in [2.45, 2.75) is 31.0 Å². The highest BCUT2D eigenvalue weighted by Crippen LogP contribution is 2.47. The van der Waals surface area contributed by atoms with Crippen LogP contribution in [0.5, 0.6) is 0 Å². The first-order valence-electron chi connectivity index (χ1n) is 11.8. The zero-order valence-corrected chi connectivity index (χ0v) is 19.1. The molecule has 2 N–H and O–H groups in total. The van der Waals surface area contributed by atoms with E-state index in [0.29, 0.717) is 23.1 Å². The molecule has 1 amide bonds. The molecule has 8 heteroatoms. The zero-order valence-electron chi connectivity index (χ0n) is 19.1. The van der Waals surface area contributed by atoms with Crippen LogP contribution in [-0.2, 0) is 4.79 Å². The Balaban J connectivity index is 1.37. The smallest absolute Gasteiger partial charge is 0.307 e. The molecule has 180 valence electrons. The Morgan fingerprint density at radius 3 is 2.50 bits per heavy atom. The van der Waals surface area contributed by atoms with Crippen LogP contribution in [0.4, 0.5) is 4.39 Å². The number of amides is 1. The van der Waals surface area contributed by atoms with E-state index in [1.165, 1.54) is 6.20 Å². The summed E-state index contributed by atoms with van der Waals surface area (Å²) in [5.41, 5.74) is 3.48. The van der Waals surface area contributed by atoms with Crippen LogP contribution in [0.25, 0.3) is 27.8 Å². The molecule has 4 unspecified atom stereocenters. The van der Waals surface area contributed by atoms with Crippen molar-refractivity contribution in [3.63, 3.8) is 0 Å². The minimum Gasteiger partial charge on any atom is -0.481 e. The number of carboxylic acids is 1. The fourth-order valence-electron chi connectivity index (χ4n) is 4.67. The van der Waals surface area contributed by atoms with E-state index in [1.54, 1.807) is 22.9 Å². The summed E-state index contributed by atoms with van der Waals surface area (Å²) < 4.78 is 15.0. The second-order valence-electron chi connectivity index (χ2n) is 9.41. The second kappa shape index (κ2) is 8.41. The molecular formula is C28H22FN3O4. The van der Waals surface area contributed by atoms with Crippen LogP contribution in [0, 0.1) is 5.92 Å². The first kappa shape index (κ1) is 22.2. The topological polar surface area (TPSA) is 101 Å². The number of aromatic nitrogens is 2. The van der Waals surface area contributed by atoms with E-state index in [-0.39, 0.29) is 23.8 Å². The Hall–Kier alpha value is -4.33. The molecule has 0 aliphatic heterocycles. The summed E-state index contributed by atoms with van der Waals surface area (Å²) in [6.07, 6.45) is 2.90. The molecule has 2 fully saturated rings. The van der Waals surface area contributed by atoms with Crippen LogP contribution in [0.1, 0.15) is 34.7 Å². The molecule has 4 atom stereocenters. The van der Waals surface area contributed by atoms with Gasteiger partial charge in [-0.15, -0.1) is 0 Å². The number of carboxylic acid groups (broad SMARTS) is 1.